The van der Waals surface area contributed by atoms with E-state index in [1.165, 1.54) is 5.56 Å². The molecule has 0 aromatic heterocycles. The minimum absolute atomic E-state index is 0.00973. The topological polar surface area (TPSA) is 63.2 Å². The highest BCUT2D eigenvalue weighted by Crippen LogP contribution is 2.34. The molecule has 0 aliphatic carbocycles. The van der Waals surface area contributed by atoms with E-state index in [2.05, 4.69) is 22.3 Å². The van der Waals surface area contributed by atoms with Crippen molar-refractivity contribution in [3.05, 3.63) is 47.5 Å². The van der Waals surface area contributed by atoms with Crippen molar-refractivity contribution in [2.24, 2.45) is 0 Å². The van der Waals surface area contributed by atoms with Crippen LogP contribution in [0.3, 0.4) is 0 Å². The molecular formula is C23H30N2O4. The maximum atomic E-state index is 9.71. The summed E-state index contributed by atoms with van der Waals surface area (Å²) < 4.78 is 16.7. The van der Waals surface area contributed by atoms with Crippen molar-refractivity contribution in [3.63, 3.8) is 0 Å². The van der Waals surface area contributed by atoms with Gasteiger partial charge in [-0.05, 0) is 63.1 Å². The molecule has 0 amide bonds. The molecule has 2 heterocycles. The lowest BCUT2D eigenvalue weighted by atomic mass is 10.0. The predicted molar refractivity (Wildman–Crippen MR) is 113 cm³/mol. The van der Waals surface area contributed by atoms with Crippen LogP contribution >= 0.6 is 0 Å². The van der Waals surface area contributed by atoms with Gasteiger partial charge in [0.15, 0.2) is 11.5 Å². The summed E-state index contributed by atoms with van der Waals surface area (Å²) >= 11 is 0. The summed E-state index contributed by atoms with van der Waals surface area (Å²) in [5, 5.41) is 13.4. The molecule has 2 aromatic rings. The highest BCUT2D eigenvalue weighted by Gasteiger charge is 2.21. The first kappa shape index (κ1) is 19.9. The van der Waals surface area contributed by atoms with Crippen LogP contribution in [-0.4, -0.2) is 42.0 Å². The molecule has 0 radical (unpaired) electrons. The Morgan fingerprint density at radius 1 is 1.17 bits per heavy atom. The third kappa shape index (κ3) is 4.95. The van der Waals surface area contributed by atoms with Gasteiger partial charge in [0.2, 0.25) is 6.79 Å². The zero-order valence-electron chi connectivity index (χ0n) is 17.2. The zero-order chi connectivity index (χ0) is 20.2. The van der Waals surface area contributed by atoms with E-state index >= 15 is 0 Å². The fraction of sp³-hybridized carbons (Fsp3) is 0.478. The van der Waals surface area contributed by atoms with E-state index in [0.717, 1.165) is 61.0 Å². The van der Waals surface area contributed by atoms with Crippen molar-refractivity contribution in [1.29, 1.82) is 0 Å². The Labute approximate surface area is 172 Å². The molecular weight excluding hydrogens is 368 g/mol. The largest absolute Gasteiger partial charge is 0.491 e. The first-order valence-corrected chi connectivity index (χ1v) is 10.4. The van der Waals surface area contributed by atoms with Crippen LogP contribution in [0.15, 0.2) is 36.4 Å². The van der Waals surface area contributed by atoms with Crippen molar-refractivity contribution >= 4 is 5.69 Å². The van der Waals surface area contributed by atoms with Gasteiger partial charge >= 0.3 is 0 Å². The number of aliphatic hydroxyl groups excluding tert-OH is 1. The Hall–Kier alpha value is -2.44. The number of likely N-dealkylation sites (tertiary alicyclic amines) is 1. The number of nitrogens with one attached hydrogen (secondary N) is 1. The molecule has 2 N–H and O–H groups in total. The molecule has 2 aromatic carbocycles. The van der Waals surface area contributed by atoms with Crippen LogP contribution in [0, 0.1) is 0 Å². The third-order valence-corrected chi connectivity index (χ3v) is 5.31. The molecule has 0 saturated carbocycles. The average Bonchev–Trinajstić information content (AvgIpc) is 3.17. The number of aliphatic hydroxyl groups is 1. The van der Waals surface area contributed by atoms with Gasteiger partial charge in [-0.3, -0.25) is 4.90 Å². The van der Waals surface area contributed by atoms with Gasteiger partial charge in [-0.15, -0.1) is 0 Å². The Morgan fingerprint density at radius 2 is 2.03 bits per heavy atom. The minimum atomic E-state index is -0.00973. The standard InChI is InChI=1S/C23H30N2O4/c1-16(2)29-21-7-5-17(10-18(21)14-26)12-25-9-3-4-20(13-25)24-19-6-8-22-23(11-19)28-15-27-22/h5-8,10-11,16,20,24,26H,3-4,9,12-15H2,1-2H3/t20-/m0/s1. The monoisotopic (exact) mass is 398 g/mol. The molecule has 6 nitrogen and oxygen atoms in total. The highest BCUT2D eigenvalue weighted by atomic mass is 16.7. The van der Waals surface area contributed by atoms with Crippen LogP contribution < -0.4 is 19.5 Å². The fourth-order valence-corrected chi connectivity index (χ4v) is 4.02. The Bertz CT molecular complexity index is 840. The van der Waals surface area contributed by atoms with Gasteiger partial charge in [-0.2, -0.15) is 0 Å². The van der Waals surface area contributed by atoms with Crippen LogP contribution in [0.2, 0.25) is 0 Å². The number of benzene rings is 2. The summed E-state index contributed by atoms with van der Waals surface area (Å²) in [5.74, 6) is 2.39. The molecule has 1 atom stereocenters. The van der Waals surface area contributed by atoms with Gasteiger partial charge in [0.25, 0.3) is 0 Å². The molecule has 2 aliphatic rings. The normalized spacial score (nSPS) is 18.8. The molecule has 1 fully saturated rings. The second-order valence-electron chi connectivity index (χ2n) is 8.05. The van der Waals surface area contributed by atoms with E-state index in [0.29, 0.717) is 12.8 Å². The van der Waals surface area contributed by atoms with Gasteiger partial charge in [-0.25, -0.2) is 0 Å². The van der Waals surface area contributed by atoms with Crippen molar-refractivity contribution in [2.45, 2.75) is 52.0 Å². The molecule has 2 aliphatic heterocycles. The lowest BCUT2D eigenvalue weighted by molar-refractivity contribution is 0.174. The summed E-state index contributed by atoms with van der Waals surface area (Å²) in [6, 6.07) is 12.6. The number of hydrogen-bond acceptors (Lipinski definition) is 6. The number of rotatable bonds is 7. The summed E-state index contributed by atoms with van der Waals surface area (Å²) in [7, 11) is 0. The van der Waals surface area contributed by atoms with Crippen molar-refractivity contribution < 1.29 is 19.3 Å². The third-order valence-electron chi connectivity index (χ3n) is 5.31. The quantitative estimate of drug-likeness (QED) is 0.740. The summed E-state index contributed by atoms with van der Waals surface area (Å²) in [6.07, 6.45) is 2.40. The van der Waals surface area contributed by atoms with E-state index < -0.39 is 0 Å². The van der Waals surface area contributed by atoms with E-state index in [1.807, 2.05) is 38.1 Å². The molecule has 4 rings (SSSR count). The van der Waals surface area contributed by atoms with E-state index in [-0.39, 0.29) is 12.7 Å². The van der Waals surface area contributed by atoms with Crippen molar-refractivity contribution in [1.82, 2.24) is 4.90 Å². The number of piperidine rings is 1. The van der Waals surface area contributed by atoms with Crippen LogP contribution in [0.25, 0.3) is 0 Å². The number of anilines is 1. The van der Waals surface area contributed by atoms with E-state index in [1.54, 1.807) is 0 Å². The van der Waals surface area contributed by atoms with Gasteiger partial charge in [0.05, 0.1) is 12.7 Å². The van der Waals surface area contributed by atoms with Gasteiger partial charge in [0.1, 0.15) is 5.75 Å². The second-order valence-corrected chi connectivity index (χ2v) is 8.05. The average molecular weight is 399 g/mol. The van der Waals surface area contributed by atoms with E-state index in [4.69, 9.17) is 14.2 Å². The summed E-state index contributed by atoms with van der Waals surface area (Å²) in [6.45, 7) is 7.21. The first-order valence-electron chi connectivity index (χ1n) is 10.4. The van der Waals surface area contributed by atoms with Gasteiger partial charge in [-0.1, -0.05) is 6.07 Å². The second kappa shape index (κ2) is 8.93. The maximum absolute atomic E-state index is 9.71. The molecule has 0 spiro atoms. The van der Waals surface area contributed by atoms with Crippen LogP contribution in [0.5, 0.6) is 17.2 Å². The molecule has 0 bridgehead atoms. The number of ether oxygens (including phenoxy) is 3. The Balaban J connectivity index is 1.37. The van der Waals surface area contributed by atoms with E-state index in [9.17, 15) is 5.11 Å². The number of nitrogens with zero attached hydrogens (tertiary/aromatic N) is 1. The first-order chi connectivity index (χ1) is 14.1. The molecule has 6 heteroatoms. The Morgan fingerprint density at radius 3 is 2.86 bits per heavy atom. The smallest absolute Gasteiger partial charge is 0.231 e. The molecule has 156 valence electrons. The number of fused-ring (bicyclic) bond motifs is 1. The molecule has 0 unspecified atom stereocenters. The van der Waals surface area contributed by atoms with Crippen molar-refractivity contribution in [3.8, 4) is 17.2 Å². The molecule has 1 saturated heterocycles. The van der Waals surface area contributed by atoms with Crippen LogP contribution in [0.4, 0.5) is 5.69 Å². The van der Waals surface area contributed by atoms with Crippen molar-refractivity contribution in [2.75, 3.05) is 25.2 Å². The maximum Gasteiger partial charge on any atom is 0.231 e. The lowest BCUT2D eigenvalue weighted by Gasteiger charge is -2.34. The van der Waals surface area contributed by atoms with Gasteiger partial charge < -0.3 is 24.6 Å². The van der Waals surface area contributed by atoms with Crippen LogP contribution in [-0.2, 0) is 13.2 Å². The van der Waals surface area contributed by atoms with Crippen LogP contribution in [0.1, 0.15) is 37.8 Å². The number of hydrogen-bond donors (Lipinski definition) is 2. The Kier molecular flexibility index (Phi) is 6.11. The highest BCUT2D eigenvalue weighted by molar-refractivity contribution is 5.56. The molecule has 29 heavy (non-hydrogen) atoms. The SMILES string of the molecule is CC(C)Oc1ccc(CN2CCC[C@H](Nc3ccc4c(c3)OCO4)C2)cc1CO. The van der Waals surface area contributed by atoms with Gasteiger partial charge in [0, 0.05) is 36.4 Å². The minimum Gasteiger partial charge on any atom is -0.491 e. The predicted octanol–water partition coefficient (Wildman–Crippen LogP) is 3.77. The zero-order valence-corrected chi connectivity index (χ0v) is 17.2. The lowest BCUT2D eigenvalue weighted by Crippen LogP contribution is -2.41. The summed E-state index contributed by atoms with van der Waals surface area (Å²) in [4.78, 5) is 2.47. The fourth-order valence-electron chi connectivity index (χ4n) is 4.02. The summed E-state index contributed by atoms with van der Waals surface area (Å²) in [5.41, 5.74) is 3.12.